The lowest BCUT2D eigenvalue weighted by Gasteiger charge is -2.04. The summed E-state index contributed by atoms with van der Waals surface area (Å²) >= 11 is 0. The van der Waals surface area contributed by atoms with Crippen molar-refractivity contribution in [1.82, 2.24) is 9.55 Å². The second-order valence-electron chi connectivity index (χ2n) is 4.40. The molecule has 0 atom stereocenters. The van der Waals surface area contributed by atoms with Gasteiger partial charge < -0.3 is 15.4 Å². The molecule has 1 heterocycles. The first-order chi connectivity index (χ1) is 9.06. The van der Waals surface area contributed by atoms with Gasteiger partial charge in [-0.3, -0.25) is 0 Å². The average Bonchev–Trinajstić information content (AvgIpc) is 2.70. The van der Waals surface area contributed by atoms with Crippen molar-refractivity contribution in [3.63, 3.8) is 0 Å². The Morgan fingerprint density at radius 1 is 1.21 bits per heavy atom. The molecule has 0 bridgehead atoms. The lowest BCUT2D eigenvalue weighted by atomic mass is 10.2. The molecule has 19 heavy (non-hydrogen) atoms. The van der Waals surface area contributed by atoms with Crippen LogP contribution >= 0.6 is 0 Å². The Kier molecular flexibility index (Phi) is 2.41. The molecule has 2 aromatic carbocycles. The molecule has 0 fully saturated rings. The number of nitrogens with zero attached hydrogens (tertiary/aromatic N) is 2. The predicted molar refractivity (Wildman–Crippen MR) is 72.2 cm³/mol. The van der Waals surface area contributed by atoms with Crippen LogP contribution < -0.4 is 5.73 Å². The third-order valence-electron chi connectivity index (χ3n) is 3.13. The summed E-state index contributed by atoms with van der Waals surface area (Å²) in [4.78, 5) is 4.44. The van der Waals surface area contributed by atoms with Gasteiger partial charge in [0.2, 0.25) is 0 Å². The summed E-state index contributed by atoms with van der Waals surface area (Å²) in [5.41, 5.74) is 8.02. The van der Waals surface area contributed by atoms with Crippen molar-refractivity contribution in [3.8, 4) is 17.1 Å². The summed E-state index contributed by atoms with van der Waals surface area (Å²) in [5.74, 6) is 0.355. The van der Waals surface area contributed by atoms with E-state index >= 15 is 0 Å². The first-order valence-corrected chi connectivity index (χ1v) is 5.77. The van der Waals surface area contributed by atoms with Gasteiger partial charge in [-0.1, -0.05) is 0 Å². The van der Waals surface area contributed by atoms with Crippen LogP contribution in [0.5, 0.6) is 5.75 Å². The Morgan fingerprint density at radius 2 is 2.00 bits per heavy atom. The number of rotatable bonds is 1. The van der Waals surface area contributed by atoms with Gasteiger partial charge >= 0.3 is 0 Å². The van der Waals surface area contributed by atoms with Crippen LogP contribution in [0.15, 0.2) is 36.4 Å². The fourth-order valence-electron chi connectivity index (χ4n) is 2.10. The van der Waals surface area contributed by atoms with Crippen LogP contribution in [0.3, 0.4) is 0 Å². The highest BCUT2D eigenvalue weighted by Gasteiger charge is 2.11. The summed E-state index contributed by atoms with van der Waals surface area (Å²) in [6, 6.07) is 9.37. The van der Waals surface area contributed by atoms with Crippen LogP contribution in [0.4, 0.5) is 10.1 Å². The quantitative estimate of drug-likeness (QED) is 0.520. The molecule has 0 radical (unpaired) electrons. The lowest BCUT2D eigenvalue weighted by molar-refractivity contribution is 0.478. The third-order valence-corrected chi connectivity index (χ3v) is 3.13. The second-order valence-corrected chi connectivity index (χ2v) is 4.40. The van der Waals surface area contributed by atoms with E-state index in [1.165, 1.54) is 12.1 Å². The Labute approximate surface area is 108 Å². The maximum atomic E-state index is 13.2. The van der Waals surface area contributed by atoms with Gasteiger partial charge in [-0.2, -0.15) is 0 Å². The lowest BCUT2D eigenvalue weighted by Crippen LogP contribution is -1.93. The van der Waals surface area contributed by atoms with Gasteiger partial charge in [0.15, 0.2) is 0 Å². The van der Waals surface area contributed by atoms with E-state index in [1.807, 2.05) is 0 Å². The summed E-state index contributed by atoms with van der Waals surface area (Å²) in [5, 5.41) is 9.65. The molecule has 96 valence electrons. The number of benzene rings is 2. The SMILES string of the molecule is Cn1c(-c2ccc(N)c(O)c2)nc2ccc(F)cc21. The van der Waals surface area contributed by atoms with Gasteiger partial charge in [0.25, 0.3) is 0 Å². The monoisotopic (exact) mass is 257 g/mol. The Morgan fingerprint density at radius 3 is 2.74 bits per heavy atom. The number of nitrogens with two attached hydrogens (primary N) is 1. The number of fused-ring (bicyclic) bond motifs is 1. The van der Waals surface area contributed by atoms with Gasteiger partial charge in [0.1, 0.15) is 17.4 Å². The van der Waals surface area contributed by atoms with Gasteiger partial charge in [0, 0.05) is 12.6 Å². The molecule has 0 unspecified atom stereocenters. The zero-order valence-electron chi connectivity index (χ0n) is 10.3. The molecule has 3 rings (SSSR count). The minimum atomic E-state index is -0.304. The first-order valence-electron chi connectivity index (χ1n) is 5.77. The van der Waals surface area contributed by atoms with Gasteiger partial charge in [-0.15, -0.1) is 0 Å². The molecule has 4 nitrogen and oxygen atoms in total. The predicted octanol–water partition coefficient (Wildman–Crippen LogP) is 2.67. The molecule has 0 spiro atoms. The average molecular weight is 257 g/mol. The number of aromatic hydroxyl groups is 1. The van der Waals surface area contributed by atoms with E-state index in [9.17, 15) is 9.50 Å². The molecular weight excluding hydrogens is 245 g/mol. The van der Waals surface area contributed by atoms with E-state index < -0.39 is 0 Å². The van der Waals surface area contributed by atoms with Gasteiger partial charge in [0.05, 0.1) is 16.7 Å². The number of halogens is 1. The summed E-state index contributed by atoms with van der Waals surface area (Å²) in [7, 11) is 1.80. The largest absolute Gasteiger partial charge is 0.506 e. The summed E-state index contributed by atoms with van der Waals surface area (Å²) < 4.78 is 15.0. The Hall–Kier alpha value is -2.56. The van der Waals surface area contributed by atoms with E-state index in [2.05, 4.69) is 4.98 Å². The third kappa shape index (κ3) is 1.79. The van der Waals surface area contributed by atoms with Crippen molar-refractivity contribution in [3.05, 3.63) is 42.2 Å². The molecule has 0 aliphatic rings. The van der Waals surface area contributed by atoms with E-state index in [4.69, 9.17) is 5.73 Å². The van der Waals surface area contributed by atoms with Crippen molar-refractivity contribution in [2.45, 2.75) is 0 Å². The highest BCUT2D eigenvalue weighted by atomic mass is 19.1. The van der Waals surface area contributed by atoms with Gasteiger partial charge in [-0.25, -0.2) is 9.37 Å². The highest BCUT2D eigenvalue weighted by Crippen LogP contribution is 2.29. The maximum absolute atomic E-state index is 13.2. The number of hydrogen-bond acceptors (Lipinski definition) is 3. The van der Waals surface area contributed by atoms with E-state index in [0.29, 0.717) is 22.5 Å². The van der Waals surface area contributed by atoms with Crippen LogP contribution in [0.2, 0.25) is 0 Å². The van der Waals surface area contributed by atoms with Crippen molar-refractivity contribution in [1.29, 1.82) is 0 Å². The molecule has 1 aromatic heterocycles. The molecule has 0 aliphatic carbocycles. The van der Waals surface area contributed by atoms with E-state index in [-0.39, 0.29) is 11.6 Å². The fraction of sp³-hybridized carbons (Fsp3) is 0.0714. The number of aryl methyl sites for hydroxylation is 1. The maximum Gasteiger partial charge on any atom is 0.140 e. The Balaban J connectivity index is 2.24. The summed E-state index contributed by atoms with van der Waals surface area (Å²) in [6.07, 6.45) is 0. The van der Waals surface area contributed by atoms with Crippen molar-refractivity contribution >= 4 is 16.7 Å². The number of aromatic nitrogens is 2. The summed E-state index contributed by atoms with van der Waals surface area (Å²) in [6.45, 7) is 0. The Bertz CT molecular complexity index is 780. The second kappa shape index (κ2) is 3.98. The molecular formula is C14H12FN3O. The smallest absolute Gasteiger partial charge is 0.140 e. The van der Waals surface area contributed by atoms with Gasteiger partial charge in [-0.05, 0) is 36.4 Å². The highest BCUT2D eigenvalue weighted by molar-refractivity contribution is 5.81. The topological polar surface area (TPSA) is 64.1 Å². The van der Waals surface area contributed by atoms with Crippen LogP contribution in [0.1, 0.15) is 0 Å². The standard InChI is InChI=1S/C14H12FN3O/c1-18-12-7-9(15)3-5-11(12)17-14(18)8-2-4-10(16)13(19)6-8/h2-7,19H,16H2,1H3. The van der Waals surface area contributed by atoms with Crippen molar-refractivity contribution in [2.24, 2.45) is 7.05 Å². The fourth-order valence-corrected chi connectivity index (χ4v) is 2.10. The molecule has 0 amide bonds. The molecule has 0 saturated heterocycles. The van der Waals surface area contributed by atoms with Crippen molar-refractivity contribution < 1.29 is 9.50 Å². The number of anilines is 1. The zero-order valence-corrected chi connectivity index (χ0v) is 10.3. The number of hydrogen-bond donors (Lipinski definition) is 2. The minimum absolute atomic E-state index is 0.00994. The number of imidazole rings is 1. The van der Waals surface area contributed by atoms with Crippen molar-refractivity contribution in [2.75, 3.05) is 5.73 Å². The number of nitrogen functional groups attached to an aromatic ring is 1. The number of phenols is 1. The molecule has 3 N–H and O–H groups in total. The van der Waals surface area contributed by atoms with Crippen LogP contribution in [0.25, 0.3) is 22.4 Å². The molecule has 0 aliphatic heterocycles. The van der Waals surface area contributed by atoms with Crippen LogP contribution in [-0.4, -0.2) is 14.7 Å². The first kappa shape index (κ1) is 11.5. The zero-order chi connectivity index (χ0) is 13.6. The normalized spacial score (nSPS) is 11.1. The molecule has 3 aromatic rings. The minimum Gasteiger partial charge on any atom is -0.506 e. The van der Waals surface area contributed by atoms with E-state index in [1.54, 1.807) is 35.9 Å². The van der Waals surface area contributed by atoms with Crippen LogP contribution in [-0.2, 0) is 7.05 Å². The molecule has 0 saturated carbocycles. The van der Waals surface area contributed by atoms with E-state index in [0.717, 1.165) is 5.56 Å². The number of phenolic OH excluding ortho intramolecular Hbond substituents is 1. The molecule has 5 heteroatoms. The van der Waals surface area contributed by atoms with Crippen LogP contribution in [0, 0.1) is 5.82 Å².